The van der Waals surface area contributed by atoms with Gasteiger partial charge in [-0.05, 0) is 49.7 Å². The average molecular weight is 483 g/mol. The van der Waals surface area contributed by atoms with E-state index < -0.39 is 0 Å². The highest BCUT2D eigenvalue weighted by Gasteiger charge is 2.16. The maximum atomic E-state index is 6.20. The van der Waals surface area contributed by atoms with Gasteiger partial charge in [0.05, 0.1) is 19.0 Å². The normalized spacial score (nSPS) is 11.4. The third-order valence-electron chi connectivity index (χ3n) is 5.76. The molecule has 0 bridgehead atoms. The van der Waals surface area contributed by atoms with Crippen molar-refractivity contribution < 1.29 is 13.9 Å². The fraction of sp³-hybridized carbons (Fsp3) is 0.148. The molecule has 0 aliphatic heterocycles. The van der Waals surface area contributed by atoms with Gasteiger partial charge in [0.1, 0.15) is 34.4 Å². The van der Waals surface area contributed by atoms with E-state index in [0.717, 1.165) is 54.8 Å². The lowest BCUT2D eigenvalue weighted by molar-refractivity contribution is 0.307. The molecule has 0 unspecified atom stereocenters. The van der Waals surface area contributed by atoms with Crippen molar-refractivity contribution in [1.29, 1.82) is 0 Å². The molecule has 0 aliphatic rings. The maximum Gasteiger partial charge on any atom is 0.212 e. The summed E-state index contributed by atoms with van der Waals surface area (Å²) in [4.78, 5) is 10.0. The molecule has 0 saturated heterocycles. The van der Waals surface area contributed by atoms with Crippen LogP contribution >= 0.6 is 11.3 Å². The first-order valence-electron chi connectivity index (χ1n) is 11.2. The number of ether oxygens (including phenoxy) is 2. The Hall–Kier alpha value is -4.17. The smallest absolute Gasteiger partial charge is 0.212 e. The SMILES string of the molecule is COc1cc(COc2cccc(-c3ccc(C)cn3)c2)c2cc(-c3cn4nc(C)sc4n3)oc2c1. The summed E-state index contributed by atoms with van der Waals surface area (Å²) in [5, 5.41) is 6.36. The van der Waals surface area contributed by atoms with Crippen LogP contribution in [0.4, 0.5) is 0 Å². The number of aryl methyl sites for hydroxylation is 2. The minimum Gasteiger partial charge on any atom is -0.497 e. The minimum atomic E-state index is 0.358. The second-order valence-electron chi connectivity index (χ2n) is 8.32. The first kappa shape index (κ1) is 21.4. The third kappa shape index (κ3) is 4.13. The third-order valence-corrected chi connectivity index (χ3v) is 6.60. The van der Waals surface area contributed by atoms with Crippen molar-refractivity contribution in [1.82, 2.24) is 19.6 Å². The lowest BCUT2D eigenvalue weighted by Crippen LogP contribution is -1.97. The van der Waals surface area contributed by atoms with E-state index in [1.165, 1.54) is 0 Å². The van der Waals surface area contributed by atoms with Gasteiger partial charge in [0, 0.05) is 28.8 Å². The fourth-order valence-corrected chi connectivity index (χ4v) is 4.73. The highest BCUT2D eigenvalue weighted by molar-refractivity contribution is 7.16. The second kappa shape index (κ2) is 8.56. The van der Waals surface area contributed by atoms with E-state index in [1.54, 1.807) is 23.0 Å². The summed E-state index contributed by atoms with van der Waals surface area (Å²) in [7, 11) is 1.64. The van der Waals surface area contributed by atoms with Crippen molar-refractivity contribution >= 4 is 27.3 Å². The number of hydrogen-bond donors (Lipinski definition) is 0. The van der Waals surface area contributed by atoms with E-state index in [1.807, 2.05) is 74.8 Å². The van der Waals surface area contributed by atoms with Gasteiger partial charge >= 0.3 is 0 Å². The van der Waals surface area contributed by atoms with Crippen LogP contribution in [0.3, 0.4) is 0 Å². The van der Waals surface area contributed by atoms with Crippen LogP contribution in [0, 0.1) is 13.8 Å². The summed E-state index contributed by atoms with van der Waals surface area (Å²) < 4.78 is 19.7. The van der Waals surface area contributed by atoms with Crippen molar-refractivity contribution in [3.05, 3.63) is 83.1 Å². The van der Waals surface area contributed by atoms with E-state index in [0.29, 0.717) is 18.1 Å². The number of benzene rings is 2. The van der Waals surface area contributed by atoms with Gasteiger partial charge in [-0.25, -0.2) is 9.50 Å². The van der Waals surface area contributed by atoms with Gasteiger partial charge in [-0.3, -0.25) is 4.98 Å². The molecule has 0 aliphatic carbocycles. The summed E-state index contributed by atoms with van der Waals surface area (Å²) >= 11 is 1.54. The first-order valence-corrected chi connectivity index (χ1v) is 12.0. The Bertz CT molecular complexity index is 1630. The molecule has 2 aromatic carbocycles. The highest BCUT2D eigenvalue weighted by Crippen LogP contribution is 2.34. The van der Waals surface area contributed by atoms with Crippen molar-refractivity contribution in [2.24, 2.45) is 0 Å². The zero-order valence-corrected chi connectivity index (χ0v) is 20.3. The number of nitrogens with zero attached hydrogens (tertiary/aromatic N) is 4. The Morgan fingerprint density at radius 3 is 2.71 bits per heavy atom. The highest BCUT2D eigenvalue weighted by atomic mass is 32.1. The predicted molar refractivity (Wildman–Crippen MR) is 136 cm³/mol. The van der Waals surface area contributed by atoms with E-state index >= 15 is 0 Å². The molecule has 0 saturated carbocycles. The molecule has 174 valence electrons. The summed E-state index contributed by atoms with van der Waals surface area (Å²) in [6.07, 6.45) is 3.75. The second-order valence-corrected chi connectivity index (χ2v) is 9.48. The van der Waals surface area contributed by atoms with E-state index in [2.05, 4.69) is 21.1 Å². The van der Waals surface area contributed by atoms with Gasteiger partial charge < -0.3 is 13.9 Å². The molecule has 4 aromatic heterocycles. The quantitative estimate of drug-likeness (QED) is 0.271. The van der Waals surface area contributed by atoms with Gasteiger partial charge in [-0.2, -0.15) is 5.10 Å². The summed E-state index contributed by atoms with van der Waals surface area (Å²) in [5.41, 5.74) is 5.47. The van der Waals surface area contributed by atoms with Gasteiger partial charge in [0.2, 0.25) is 4.96 Å². The van der Waals surface area contributed by atoms with Gasteiger partial charge in [0.25, 0.3) is 0 Å². The van der Waals surface area contributed by atoms with Crippen LogP contribution < -0.4 is 9.47 Å². The Kier molecular flexibility index (Phi) is 5.22. The van der Waals surface area contributed by atoms with E-state index in [4.69, 9.17) is 13.9 Å². The van der Waals surface area contributed by atoms with E-state index in [9.17, 15) is 0 Å². The fourth-order valence-electron chi connectivity index (χ4n) is 4.01. The Balaban J connectivity index is 1.31. The molecule has 0 spiro atoms. The molecular formula is C27H22N4O3S. The number of imidazole rings is 1. The van der Waals surface area contributed by atoms with Crippen LogP contribution in [0.1, 0.15) is 16.1 Å². The van der Waals surface area contributed by atoms with Crippen LogP contribution in [0.2, 0.25) is 0 Å². The molecule has 0 N–H and O–H groups in total. The molecule has 0 fully saturated rings. The number of fused-ring (bicyclic) bond motifs is 2. The van der Waals surface area contributed by atoms with Crippen molar-refractivity contribution in [3.63, 3.8) is 0 Å². The predicted octanol–water partition coefficient (Wildman–Crippen LogP) is 6.47. The number of hydrogen-bond acceptors (Lipinski definition) is 7. The van der Waals surface area contributed by atoms with Crippen molar-refractivity contribution in [2.75, 3.05) is 7.11 Å². The molecule has 4 heterocycles. The molecular weight excluding hydrogens is 460 g/mol. The average Bonchev–Trinajstić information content (AvgIpc) is 3.55. The molecule has 7 nitrogen and oxygen atoms in total. The van der Waals surface area contributed by atoms with Gasteiger partial charge in [-0.1, -0.05) is 29.5 Å². The first-order chi connectivity index (χ1) is 17.1. The maximum absolute atomic E-state index is 6.20. The molecule has 8 heteroatoms. The van der Waals surface area contributed by atoms with Gasteiger partial charge in [0.15, 0.2) is 5.76 Å². The van der Waals surface area contributed by atoms with Crippen LogP contribution in [-0.4, -0.2) is 26.7 Å². The number of aromatic nitrogens is 4. The van der Waals surface area contributed by atoms with Crippen LogP contribution in [0.5, 0.6) is 11.5 Å². The summed E-state index contributed by atoms with van der Waals surface area (Å²) in [6, 6.07) is 17.9. The molecule has 0 amide bonds. The molecule has 0 atom stereocenters. The standard InChI is InChI=1S/C27H22N4O3S/c1-16-7-8-23(28-13-16)18-5-4-6-20(9-18)33-15-19-10-21(32-3)11-25-22(19)12-26(34-25)24-14-31-27(29-24)35-17(2)30-31/h4-14H,15H2,1-3H3. The Labute approximate surface area is 205 Å². The number of rotatable bonds is 6. The topological polar surface area (TPSA) is 74.7 Å². The Morgan fingerprint density at radius 1 is 1.00 bits per heavy atom. The largest absolute Gasteiger partial charge is 0.497 e. The van der Waals surface area contributed by atoms with Crippen molar-refractivity contribution in [2.45, 2.75) is 20.5 Å². The summed E-state index contributed by atoms with van der Waals surface area (Å²) in [5.74, 6) is 2.15. The number of methoxy groups -OCH3 is 1. The number of pyridine rings is 1. The Morgan fingerprint density at radius 2 is 1.91 bits per heavy atom. The molecule has 6 rings (SSSR count). The van der Waals surface area contributed by atoms with Crippen LogP contribution in [0.15, 0.2) is 71.4 Å². The number of furan rings is 1. The lowest BCUT2D eigenvalue weighted by atomic mass is 10.1. The molecule has 0 radical (unpaired) electrons. The monoisotopic (exact) mass is 482 g/mol. The summed E-state index contributed by atoms with van der Waals surface area (Å²) in [6.45, 7) is 4.35. The zero-order valence-electron chi connectivity index (χ0n) is 19.5. The van der Waals surface area contributed by atoms with Crippen LogP contribution in [0.25, 0.3) is 38.6 Å². The lowest BCUT2D eigenvalue weighted by Gasteiger charge is -2.10. The van der Waals surface area contributed by atoms with Crippen LogP contribution in [-0.2, 0) is 6.61 Å². The van der Waals surface area contributed by atoms with Crippen molar-refractivity contribution in [3.8, 4) is 34.2 Å². The van der Waals surface area contributed by atoms with E-state index in [-0.39, 0.29) is 0 Å². The van der Waals surface area contributed by atoms with Gasteiger partial charge in [-0.15, -0.1) is 0 Å². The molecule has 35 heavy (non-hydrogen) atoms. The zero-order chi connectivity index (χ0) is 23.9. The minimum absolute atomic E-state index is 0.358. The molecule has 6 aromatic rings.